The zero-order valence-corrected chi connectivity index (χ0v) is 11.9. The molecule has 0 bridgehead atoms. The molecule has 0 aliphatic rings. The molecule has 0 aliphatic heterocycles. The lowest BCUT2D eigenvalue weighted by atomic mass is 10.4. The van der Waals surface area contributed by atoms with Crippen LogP contribution in [0.4, 0.5) is 5.95 Å². The zero-order valence-electron chi connectivity index (χ0n) is 11.9. The van der Waals surface area contributed by atoms with Crippen LogP contribution in [0.25, 0.3) is 5.69 Å². The molecule has 0 fully saturated rings. The van der Waals surface area contributed by atoms with Crippen molar-refractivity contribution in [3.05, 3.63) is 24.3 Å². The van der Waals surface area contributed by atoms with Gasteiger partial charge in [0.25, 0.3) is 0 Å². The molecule has 0 unspecified atom stereocenters. The van der Waals surface area contributed by atoms with E-state index in [0.717, 1.165) is 23.9 Å². The van der Waals surface area contributed by atoms with Gasteiger partial charge in [-0.25, -0.2) is 4.98 Å². The average Bonchev–Trinajstić information content (AvgIpc) is 2.92. The van der Waals surface area contributed by atoms with Gasteiger partial charge in [0.2, 0.25) is 5.95 Å². The number of imidazole rings is 1. The molecular weight excluding hydrogens is 242 g/mol. The van der Waals surface area contributed by atoms with Crippen molar-refractivity contribution in [1.29, 1.82) is 0 Å². The summed E-state index contributed by atoms with van der Waals surface area (Å²) in [6.07, 6.45) is 5.83. The van der Waals surface area contributed by atoms with Crippen molar-refractivity contribution in [3.8, 4) is 5.69 Å². The fourth-order valence-electron chi connectivity index (χ4n) is 1.84. The number of hydrogen-bond acceptors (Lipinski definition) is 4. The Morgan fingerprint density at radius 1 is 1.37 bits per heavy atom. The summed E-state index contributed by atoms with van der Waals surface area (Å²) in [5.74, 6) is 0.846. The number of rotatable bonds is 6. The van der Waals surface area contributed by atoms with Gasteiger partial charge in [0.1, 0.15) is 0 Å². The smallest absolute Gasteiger partial charge is 0.208 e. The average molecular weight is 263 g/mol. The zero-order chi connectivity index (χ0) is 13.8. The highest BCUT2D eigenvalue weighted by Gasteiger charge is 2.10. The van der Waals surface area contributed by atoms with Crippen molar-refractivity contribution in [2.75, 3.05) is 19.0 Å². The number of aryl methyl sites for hydroxylation is 1. The number of hydrogen-bond donors (Lipinski definition) is 1. The van der Waals surface area contributed by atoms with Crippen LogP contribution in [0, 0.1) is 6.92 Å². The number of ether oxygens (including phenoxy) is 1. The number of methoxy groups -OCH3 is 1. The topological polar surface area (TPSA) is 56.9 Å². The molecule has 19 heavy (non-hydrogen) atoms. The summed E-state index contributed by atoms with van der Waals surface area (Å²) in [6.45, 7) is 7.57. The molecule has 2 rings (SSSR count). The van der Waals surface area contributed by atoms with Crippen molar-refractivity contribution in [2.45, 2.75) is 33.4 Å². The Morgan fingerprint density at radius 2 is 2.16 bits per heavy atom. The van der Waals surface area contributed by atoms with E-state index >= 15 is 0 Å². The summed E-state index contributed by atoms with van der Waals surface area (Å²) in [7, 11) is 1.69. The summed E-state index contributed by atoms with van der Waals surface area (Å²) in [5, 5.41) is 7.66. The van der Waals surface area contributed by atoms with Gasteiger partial charge in [-0.15, -0.1) is 0 Å². The van der Waals surface area contributed by atoms with Crippen molar-refractivity contribution >= 4 is 5.95 Å². The first-order valence-corrected chi connectivity index (χ1v) is 6.44. The van der Waals surface area contributed by atoms with Gasteiger partial charge >= 0.3 is 0 Å². The van der Waals surface area contributed by atoms with Crippen molar-refractivity contribution in [3.63, 3.8) is 0 Å². The maximum Gasteiger partial charge on any atom is 0.208 e. The second-order valence-corrected chi connectivity index (χ2v) is 4.83. The lowest BCUT2D eigenvalue weighted by Crippen LogP contribution is -2.13. The molecule has 0 amide bonds. The van der Waals surface area contributed by atoms with Gasteiger partial charge in [-0.3, -0.25) is 9.25 Å². The molecule has 6 heteroatoms. The second kappa shape index (κ2) is 5.88. The van der Waals surface area contributed by atoms with Crippen LogP contribution in [-0.4, -0.2) is 39.1 Å². The number of nitrogens with one attached hydrogen (secondary N) is 1. The third-order valence-corrected chi connectivity index (χ3v) is 2.67. The monoisotopic (exact) mass is 263 g/mol. The van der Waals surface area contributed by atoms with Crippen molar-refractivity contribution in [1.82, 2.24) is 19.3 Å². The lowest BCUT2D eigenvalue weighted by Gasteiger charge is -2.10. The number of aromatic nitrogens is 4. The Morgan fingerprint density at radius 3 is 2.84 bits per heavy atom. The minimum atomic E-state index is 0.337. The molecule has 0 aliphatic carbocycles. The van der Waals surface area contributed by atoms with Gasteiger partial charge in [-0.1, -0.05) is 0 Å². The number of anilines is 1. The number of nitrogens with zero attached hydrogens (tertiary/aromatic N) is 4. The van der Waals surface area contributed by atoms with Crippen LogP contribution in [0.1, 0.15) is 19.5 Å². The summed E-state index contributed by atoms with van der Waals surface area (Å²) in [6, 6.07) is 0.337. The molecule has 2 aromatic rings. The highest BCUT2D eigenvalue weighted by Crippen LogP contribution is 2.16. The highest BCUT2D eigenvalue weighted by molar-refractivity contribution is 5.41. The van der Waals surface area contributed by atoms with Gasteiger partial charge < -0.3 is 10.1 Å². The third kappa shape index (κ3) is 3.35. The fraction of sp³-hybridized carbons (Fsp3) is 0.538. The molecule has 0 saturated carbocycles. The Labute approximate surface area is 113 Å². The van der Waals surface area contributed by atoms with E-state index in [9.17, 15) is 0 Å². The summed E-state index contributed by atoms with van der Waals surface area (Å²) >= 11 is 0. The Kier molecular flexibility index (Phi) is 4.21. The molecule has 0 radical (unpaired) electrons. The molecule has 0 atom stereocenters. The largest absolute Gasteiger partial charge is 0.383 e. The molecular formula is C13H21N5O. The van der Waals surface area contributed by atoms with Crippen LogP contribution >= 0.6 is 0 Å². The molecule has 0 saturated heterocycles. The molecule has 104 valence electrons. The van der Waals surface area contributed by atoms with Gasteiger partial charge in [0.05, 0.1) is 30.7 Å². The lowest BCUT2D eigenvalue weighted by molar-refractivity contribution is 0.183. The van der Waals surface area contributed by atoms with Crippen LogP contribution in [0.2, 0.25) is 0 Å². The Hall–Kier alpha value is -1.82. The SMILES string of the molecule is COCCn1cc(-n2cc(C)nc2NC(C)C)cn1. The molecule has 0 spiro atoms. The van der Waals surface area contributed by atoms with Gasteiger partial charge in [-0.2, -0.15) is 5.10 Å². The first-order valence-electron chi connectivity index (χ1n) is 6.44. The third-order valence-electron chi connectivity index (χ3n) is 2.67. The van der Waals surface area contributed by atoms with E-state index in [1.165, 1.54) is 0 Å². The Bertz CT molecular complexity index is 529. The van der Waals surface area contributed by atoms with Gasteiger partial charge in [-0.05, 0) is 20.8 Å². The Balaban J connectivity index is 2.23. The minimum absolute atomic E-state index is 0.337. The summed E-state index contributed by atoms with van der Waals surface area (Å²) in [5.41, 5.74) is 1.98. The van der Waals surface area contributed by atoms with Crippen LogP contribution in [0.15, 0.2) is 18.6 Å². The van der Waals surface area contributed by atoms with Crippen LogP contribution in [-0.2, 0) is 11.3 Å². The van der Waals surface area contributed by atoms with Crippen molar-refractivity contribution < 1.29 is 4.74 Å². The van der Waals surface area contributed by atoms with E-state index in [1.54, 1.807) is 7.11 Å². The summed E-state index contributed by atoms with van der Waals surface area (Å²) < 4.78 is 8.94. The quantitative estimate of drug-likeness (QED) is 0.864. The standard InChI is InChI=1S/C13H21N5O/c1-10(2)15-13-16-11(3)8-18(13)12-7-14-17(9-12)5-6-19-4/h7-10H,5-6H2,1-4H3,(H,15,16). The van der Waals surface area contributed by atoms with Crippen LogP contribution in [0.3, 0.4) is 0 Å². The molecule has 0 aromatic carbocycles. The fourth-order valence-corrected chi connectivity index (χ4v) is 1.84. The van der Waals surface area contributed by atoms with E-state index < -0.39 is 0 Å². The first-order chi connectivity index (χ1) is 9.10. The molecule has 6 nitrogen and oxygen atoms in total. The van der Waals surface area contributed by atoms with Crippen LogP contribution < -0.4 is 5.32 Å². The van der Waals surface area contributed by atoms with E-state index in [-0.39, 0.29) is 0 Å². The van der Waals surface area contributed by atoms with E-state index in [2.05, 4.69) is 29.2 Å². The first kappa shape index (κ1) is 13.6. The normalized spacial score (nSPS) is 11.2. The second-order valence-electron chi connectivity index (χ2n) is 4.83. The molecule has 2 aromatic heterocycles. The van der Waals surface area contributed by atoms with Gasteiger partial charge in [0, 0.05) is 25.5 Å². The van der Waals surface area contributed by atoms with Gasteiger partial charge in [0.15, 0.2) is 0 Å². The van der Waals surface area contributed by atoms with E-state index in [0.29, 0.717) is 12.6 Å². The maximum absolute atomic E-state index is 5.05. The highest BCUT2D eigenvalue weighted by atomic mass is 16.5. The minimum Gasteiger partial charge on any atom is -0.383 e. The van der Waals surface area contributed by atoms with Crippen molar-refractivity contribution in [2.24, 2.45) is 0 Å². The van der Waals surface area contributed by atoms with E-state index in [4.69, 9.17) is 4.74 Å². The van der Waals surface area contributed by atoms with Crippen LogP contribution in [0.5, 0.6) is 0 Å². The maximum atomic E-state index is 5.05. The van der Waals surface area contributed by atoms with E-state index in [1.807, 2.05) is 34.8 Å². The predicted octanol–water partition coefficient (Wildman–Crippen LogP) is 1.84. The molecule has 1 N–H and O–H groups in total. The molecule has 2 heterocycles. The predicted molar refractivity (Wildman–Crippen MR) is 74.7 cm³/mol. The summed E-state index contributed by atoms with van der Waals surface area (Å²) in [4.78, 5) is 4.49.